The number of carbonyl (C=O) groups is 1. The number of nitrogens with two attached hydrogens (primary N) is 1. The summed E-state index contributed by atoms with van der Waals surface area (Å²) in [5, 5.41) is 25.0. The largest absolute Gasteiger partial charge is 0.387 e. The number of aliphatic hydroxyl groups is 2. The standard InChI is InChI=1S/C15H18N6O4S/c16-10-1-2-21(7-18-10)14-12(23)11(22)9(25-14)5-17-13(24)8-6-20-3-4-26-15(20)19-8/h1-4,6,9,11-12,14,22-23H,5,7H2,(H2,16,18)(H,17,24)/t9?,11-,12-,14-/m1/s1. The zero-order valence-electron chi connectivity index (χ0n) is 13.6. The summed E-state index contributed by atoms with van der Waals surface area (Å²) in [6, 6.07) is 0. The average molecular weight is 378 g/mol. The van der Waals surface area contributed by atoms with Crippen molar-refractivity contribution in [1.29, 1.82) is 0 Å². The molecule has 4 rings (SSSR count). The lowest BCUT2D eigenvalue weighted by Gasteiger charge is -2.29. The minimum absolute atomic E-state index is 0.0433. The van der Waals surface area contributed by atoms with Crippen molar-refractivity contribution in [1.82, 2.24) is 19.6 Å². The maximum absolute atomic E-state index is 12.2. The first kappa shape index (κ1) is 17.0. The highest BCUT2D eigenvalue weighted by molar-refractivity contribution is 7.15. The van der Waals surface area contributed by atoms with Crippen LogP contribution in [0.1, 0.15) is 10.5 Å². The van der Waals surface area contributed by atoms with Gasteiger partial charge in [0.25, 0.3) is 5.91 Å². The second-order valence-electron chi connectivity index (χ2n) is 6.03. The van der Waals surface area contributed by atoms with Gasteiger partial charge in [0.1, 0.15) is 36.5 Å². The summed E-state index contributed by atoms with van der Waals surface area (Å²) in [5.74, 6) is 0.0166. The van der Waals surface area contributed by atoms with Crippen LogP contribution in [0.4, 0.5) is 0 Å². The first-order valence-corrected chi connectivity index (χ1v) is 8.87. The molecule has 10 nitrogen and oxygen atoms in total. The molecule has 4 atom stereocenters. The number of aliphatic hydroxyl groups excluding tert-OH is 2. The molecule has 0 saturated carbocycles. The van der Waals surface area contributed by atoms with Gasteiger partial charge in [0.2, 0.25) is 0 Å². The SMILES string of the molecule is NC1=NCN([C@@H]2OC(CNC(=O)c3cn4ccsc4n3)[C@@H](O)[C@H]2O)C=C1. The molecule has 1 amide bonds. The van der Waals surface area contributed by atoms with E-state index in [1.165, 1.54) is 11.3 Å². The van der Waals surface area contributed by atoms with Crippen molar-refractivity contribution >= 4 is 28.0 Å². The molecule has 11 heteroatoms. The highest BCUT2D eigenvalue weighted by atomic mass is 32.1. The van der Waals surface area contributed by atoms with E-state index < -0.39 is 24.5 Å². The van der Waals surface area contributed by atoms with Crippen LogP contribution in [-0.4, -0.2) is 74.0 Å². The molecule has 1 saturated heterocycles. The number of fused-ring (bicyclic) bond motifs is 1. The minimum Gasteiger partial charge on any atom is -0.387 e. The molecule has 0 radical (unpaired) electrons. The van der Waals surface area contributed by atoms with E-state index in [9.17, 15) is 15.0 Å². The van der Waals surface area contributed by atoms with E-state index in [2.05, 4.69) is 15.3 Å². The third-order valence-corrected chi connectivity index (χ3v) is 5.08. The number of carbonyl (C=O) groups excluding carboxylic acids is 1. The molecule has 2 aliphatic rings. The van der Waals surface area contributed by atoms with Gasteiger partial charge < -0.3 is 30.9 Å². The predicted octanol–water partition coefficient (Wildman–Crippen LogP) is -1.28. The summed E-state index contributed by atoms with van der Waals surface area (Å²) < 4.78 is 7.48. The Kier molecular flexibility index (Phi) is 4.36. The lowest BCUT2D eigenvalue weighted by atomic mass is 10.1. The lowest BCUT2D eigenvalue weighted by molar-refractivity contribution is -0.0679. The zero-order valence-corrected chi connectivity index (χ0v) is 14.4. The number of amidine groups is 1. The van der Waals surface area contributed by atoms with Gasteiger partial charge >= 0.3 is 0 Å². The molecule has 26 heavy (non-hydrogen) atoms. The Bertz CT molecular complexity index is 848. The van der Waals surface area contributed by atoms with E-state index in [1.807, 2.05) is 11.6 Å². The number of nitrogens with one attached hydrogen (secondary N) is 1. The maximum atomic E-state index is 12.2. The van der Waals surface area contributed by atoms with Crippen molar-refractivity contribution in [2.45, 2.75) is 24.5 Å². The Morgan fingerprint density at radius 3 is 3.04 bits per heavy atom. The monoisotopic (exact) mass is 378 g/mol. The summed E-state index contributed by atoms with van der Waals surface area (Å²) in [4.78, 5) is 22.9. The van der Waals surface area contributed by atoms with Gasteiger partial charge in [-0.3, -0.25) is 9.20 Å². The number of thiazole rings is 1. The number of amides is 1. The van der Waals surface area contributed by atoms with Gasteiger partial charge in [0, 0.05) is 30.5 Å². The fraction of sp³-hybridized carbons (Fsp3) is 0.400. The lowest BCUT2D eigenvalue weighted by Crippen LogP contribution is -2.43. The highest BCUT2D eigenvalue weighted by Crippen LogP contribution is 2.25. The summed E-state index contributed by atoms with van der Waals surface area (Å²) in [7, 11) is 0. The third-order valence-electron chi connectivity index (χ3n) is 4.31. The molecular formula is C15H18N6O4S. The predicted molar refractivity (Wildman–Crippen MR) is 93.5 cm³/mol. The average Bonchev–Trinajstić information content (AvgIpc) is 3.30. The Balaban J connectivity index is 1.36. The number of aromatic nitrogens is 2. The molecule has 0 aromatic carbocycles. The first-order chi connectivity index (χ1) is 12.5. The second-order valence-corrected chi connectivity index (χ2v) is 6.90. The Labute approximate surface area is 152 Å². The Hall–Kier alpha value is -2.47. The molecule has 0 spiro atoms. The maximum Gasteiger partial charge on any atom is 0.271 e. The van der Waals surface area contributed by atoms with Crippen molar-refractivity contribution in [3.63, 3.8) is 0 Å². The first-order valence-electron chi connectivity index (χ1n) is 7.99. The molecular weight excluding hydrogens is 360 g/mol. The Morgan fingerprint density at radius 1 is 1.46 bits per heavy atom. The fourth-order valence-electron chi connectivity index (χ4n) is 2.89. The van der Waals surface area contributed by atoms with Crippen molar-refractivity contribution < 1.29 is 19.7 Å². The van der Waals surface area contributed by atoms with E-state index in [4.69, 9.17) is 10.5 Å². The molecule has 2 aromatic heterocycles. The van der Waals surface area contributed by atoms with Gasteiger partial charge in [-0.05, 0) is 6.08 Å². The van der Waals surface area contributed by atoms with E-state index in [-0.39, 0.29) is 24.8 Å². The molecule has 138 valence electrons. The van der Waals surface area contributed by atoms with Crippen molar-refractivity contribution in [2.24, 2.45) is 10.7 Å². The van der Waals surface area contributed by atoms with Crippen LogP contribution in [-0.2, 0) is 4.74 Å². The van der Waals surface area contributed by atoms with Crippen LogP contribution in [0.3, 0.4) is 0 Å². The molecule has 1 unspecified atom stereocenters. The molecule has 2 aliphatic heterocycles. The summed E-state index contributed by atoms with van der Waals surface area (Å²) in [6.45, 7) is 0.267. The summed E-state index contributed by atoms with van der Waals surface area (Å²) >= 11 is 1.43. The van der Waals surface area contributed by atoms with Crippen molar-refractivity contribution in [2.75, 3.05) is 13.2 Å². The van der Waals surface area contributed by atoms with Crippen LogP contribution >= 0.6 is 11.3 Å². The van der Waals surface area contributed by atoms with Crippen LogP contribution < -0.4 is 11.1 Å². The molecule has 4 heterocycles. The quantitative estimate of drug-likeness (QED) is 0.520. The van der Waals surface area contributed by atoms with E-state index >= 15 is 0 Å². The van der Waals surface area contributed by atoms with Gasteiger partial charge in [-0.1, -0.05) is 0 Å². The number of imidazole rings is 1. The van der Waals surface area contributed by atoms with Crippen LogP contribution in [0.15, 0.2) is 35.0 Å². The molecule has 1 fully saturated rings. The summed E-state index contributed by atoms with van der Waals surface area (Å²) in [5.41, 5.74) is 5.85. The molecule has 5 N–H and O–H groups in total. The highest BCUT2D eigenvalue weighted by Gasteiger charge is 2.45. The van der Waals surface area contributed by atoms with E-state index in [0.29, 0.717) is 5.84 Å². The second kappa shape index (κ2) is 6.68. The van der Waals surface area contributed by atoms with Crippen LogP contribution in [0.2, 0.25) is 0 Å². The topological polar surface area (TPSA) is 138 Å². The van der Waals surface area contributed by atoms with E-state index in [1.54, 1.807) is 27.8 Å². The van der Waals surface area contributed by atoms with Crippen LogP contribution in [0.25, 0.3) is 4.96 Å². The molecule has 2 aromatic rings. The van der Waals surface area contributed by atoms with Crippen LogP contribution in [0.5, 0.6) is 0 Å². The van der Waals surface area contributed by atoms with Crippen LogP contribution in [0, 0.1) is 0 Å². The smallest absolute Gasteiger partial charge is 0.271 e. The number of hydrogen-bond acceptors (Lipinski definition) is 9. The van der Waals surface area contributed by atoms with E-state index in [0.717, 1.165) is 4.96 Å². The van der Waals surface area contributed by atoms with Crippen molar-refractivity contribution in [3.05, 3.63) is 35.7 Å². The minimum atomic E-state index is -1.14. The van der Waals surface area contributed by atoms with Gasteiger partial charge in [0.05, 0.1) is 0 Å². The van der Waals surface area contributed by atoms with Gasteiger partial charge in [-0.2, -0.15) is 0 Å². The van der Waals surface area contributed by atoms with Gasteiger partial charge in [-0.15, -0.1) is 11.3 Å². The number of aliphatic imine (C=N–C) groups is 1. The number of nitrogens with zero attached hydrogens (tertiary/aromatic N) is 4. The van der Waals surface area contributed by atoms with Crippen molar-refractivity contribution in [3.8, 4) is 0 Å². The number of hydrogen-bond donors (Lipinski definition) is 4. The number of rotatable bonds is 4. The number of ether oxygens (including phenoxy) is 1. The third kappa shape index (κ3) is 3.05. The normalized spacial score (nSPS) is 28.5. The fourth-order valence-corrected chi connectivity index (χ4v) is 3.59. The molecule has 0 aliphatic carbocycles. The summed E-state index contributed by atoms with van der Waals surface area (Å²) in [6.07, 6.45) is 2.91. The van der Waals surface area contributed by atoms with Gasteiger partial charge in [-0.25, -0.2) is 9.98 Å². The Morgan fingerprint density at radius 2 is 2.31 bits per heavy atom. The molecule has 0 bridgehead atoms. The van der Waals surface area contributed by atoms with Gasteiger partial charge in [0.15, 0.2) is 11.2 Å². The zero-order chi connectivity index (χ0) is 18.3.